The number of carbonyl (C=O) groups excluding carboxylic acids is 1. The second-order valence-electron chi connectivity index (χ2n) is 6.90. The van der Waals surface area contributed by atoms with Crippen LogP contribution in [-0.2, 0) is 4.74 Å². The predicted octanol–water partition coefficient (Wildman–Crippen LogP) is 3.25. The van der Waals surface area contributed by atoms with E-state index in [1.807, 2.05) is 63.9 Å². The SMILES string of the molecule is CC(CN(C)C(=O)OC(C)(C)C)N(C)c1nc2ccccc2[nH]1. The third-order valence-electron chi connectivity index (χ3n) is 3.62. The van der Waals surface area contributed by atoms with Gasteiger partial charge in [-0.15, -0.1) is 0 Å². The maximum atomic E-state index is 12.1. The van der Waals surface area contributed by atoms with Gasteiger partial charge < -0.3 is 19.5 Å². The zero-order valence-corrected chi connectivity index (χ0v) is 14.8. The third kappa shape index (κ3) is 4.37. The minimum Gasteiger partial charge on any atom is -0.444 e. The average molecular weight is 318 g/mol. The first-order chi connectivity index (χ1) is 10.7. The number of carbonyl (C=O) groups is 1. The number of benzene rings is 1. The van der Waals surface area contributed by atoms with Crippen LogP contribution < -0.4 is 4.90 Å². The number of rotatable bonds is 4. The van der Waals surface area contributed by atoms with Crippen LogP contribution in [0.3, 0.4) is 0 Å². The second-order valence-corrected chi connectivity index (χ2v) is 6.90. The highest BCUT2D eigenvalue weighted by atomic mass is 16.6. The van der Waals surface area contributed by atoms with Crippen molar-refractivity contribution in [3.05, 3.63) is 24.3 Å². The molecule has 0 aliphatic rings. The Morgan fingerprint density at radius 3 is 2.57 bits per heavy atom. The number of hydrogen-bond acceptors (Lipinski definition) is 4. The van der Waals surface area contributed by atoms with Gasteiger partial charge >= 0.3 is 6.09 Å². The number of amides is 1. The van der Waals surface area contributed by atoms with Crippen molar-refractivity contribution in [3.8, 4) is 0 Å². The van der Waals surface area contributed by atoms with E-state index in [-0.39, 0.29) is 12.1 Å². The summed E-state index contributed by atoms with van der Waals surface area (Å²) in [5.74, 6) is 0.788. The fourth-order valence-corrected chi connectivity index (χ4v) is 2.25. The van der Waals surface area contributed by atoms with Crippen LogP contribution in [-0.4, -0.2) is 53.2 Å². The highest BCUT2D eigenvalue weighted by molar-refractivity contribution is 5.77. The van der Waals surface area contributed by atoms with Crippen molar-refractivity contribution in [2.24, 2.45) is 0 Å². The van der Waals surface area contributed by atoms with Crippen LogP contribution in [0.25, 0.3) is 11.0 Å². The monoisotopic (exact) mass is 318 g/mol. The summed E-state index contributed by atoms with van der Waals surface area (Å²) < 4.78 is 5.38. The summed E-state index contributed by atoms with van der Waals surface area (Å²) in [5, 5.41) is 0. The van der Waals surface area contributed by atoms with E-state index in [1.54, 1.807) is 11.9 Å². The van der Waals surface area contributed by atoms with Crippen LogP contribution in [0.2, 0.25) is 0 Å². The largest absolute Gasteiger partial charge is 0.444 e. The number of anilines is 1. The molecule has 0 aliphatic heterocycles. The van der Waals surface area contributed by atoms with Crippen LogP contribution in [0.1, 0.15) is 27.7 Å². The van der Waals surface area contributed by atoms with Crippen LogP contribution in [0.4, 0.5) is 10.7 Å². The van der Waals surface area contributed by atoms with Crippen LogP contribution in [0.15, 0.2) is 24.3 Å². The number of aromatic nitrogens is 2. The van der Waals surface area contributed by atoms with Gasteiger partial charge in [0.15, 0.2) is 0 Å². The molecule has 0 saturated carbocycles. The molecule has 2 rings (SSSR count). The summed E-state index contributed by atoms with van der Waals surface area (Å²) in [6.45, 7) is 8.19. The number of fused-ring (bicyclic) bond motifs is 1. The van der Waals surface area contributed by atoms with Crippen molar-refractivity contribution in [2.75, 3.05) is 25.5 Å². The normalized spacial score (nSPS) is 13.0. The lowest BCUT2D eigenvalue weighted by atomic mass is 10.2. The summed E-state index contributed by atoms with van der Waals surface area (Å²) >= 11 is 0. The molecule has 1 N–H and O–H groups in total. The number of nitrogens with zero attached hydrogens (tertiary/aromatic N) is 3. The van der Waals surface area contributed by atoms with Crippen LogP contribution in [0.5, 0.6) is 0 Å². The van der Waals surface area contributed by atoms with Crippen molar-refractivity contribution >= 4 is 23.1 Å². The number of para-hydroxylation sites is 2. The van der Waals surface area contributed by atoms with E-state index in [0.29, 0.717) is 6.54 Å². The number of hydrogen-bond donors (Lipinski definition) is 1. The van der Waals surface area contributed by atoms with Crippen molar-refractivity contribution in [1.29, 1.82) is 0 Å². The van der Waals surface area contributed by atoms with Crippen molar-refractivity contribution in [2.45, 2.75) is 39.3 Å². The molecule has 0 bridgehead atoms. The number of imidazole rings is 1. The Labute approximate surface area is 137 Å². The molecule has 2 aromatic rings. The van der Waals surface area contributed by atoms with Gasteiger partial charge in [0.05, 0.1) is 11.0 Å². The molecule has 1 aromatic carbocycles. The molecule has 0 fully saturated rings. The van der Waals surface area contributed by atoms with Gasteiger partial charge in [-0.05, 0) is 39.8 Å². The van der Waals surface area contributed by atoms with E-state index < -0.39 is 5.60 Å². The molecule has 0 saturated heterocycles. The van der Waals surface area contributed by atoms with E-state index in [4.69, 9.17) is 4.74 Å². The van der Waals surface area contributed by atoms with E-state index in [0.717, 1.165) is 17.0 Å². The number of H-pyrrole nitrogens is 1. The Kier molecular flexibility index (Phi) is 4.82. The van der Waals surface area contributed by atoms with Crippen molar-refractivity contribution in [1.82, 2.24) is 14.9 Å². The maximum Gasteiger partial charge on any atom is 0.410 e. The molecular formula is C17H26N4O2. The Morgan fingerprint density at radius 2 is 1.96 bits per heavy atom. The highest BCUT2D eigenvalue weighted by Gasteiger charge is 2.22. The fraction of sp³-hybridized carbons (Fsp3) is 0.529. The van der Waals surface area contributed by atoms with Gasteiger partial charge in [0.2, 0.25) is 5.95 Å². The van der Waals surface area contributed by atoms with Crippen LogP contribution >= 0.6 is 0 Å². The highest BCUT2D eigenvalue weighted by Crippen LogP contribution is 2.18. The lowest BCUT2D eigenvalue weighted by molar-refractivity contribution is 0.0291. The zero-order valence-electron chi connectivity index (χ0n) is 14.8. The van der Waals surface area contributed by atoms with Gasteiger partial charge in [-0.2, -0.15) is 0 Å². The number of nitrogens with one attached hydrogen (secondary N) is 1. The predicted molar refractivity (Wildman–Crippen MR) is 92.8 cm³/mol. The van der Waals surface area contributed by atoms with Gasteiger partial charge in [0.25, 0.3) is 0 Å². The fourth-order valence-electron chi connectivity index (χ4n) is 2.25. The minimum atomic E-state index is -0.487. The minimum absolute atomic E-state index is 0.0908. The Bertz CT molecular complexity index is 642. The maximum absolute atomic E-state index is 12.1. The van der Waals surface area contributed by atoms with Crippen molar-refractivity contribution in [3.63, 3.8) is 0 Å². The zero-order chi connectivity index (χ0) is 17.2. The molecule has 6 nitrogen and oxygen atoms in total. The molecule has 126 valence electrons. The molecule has 0 radical (unpaired) electrons. The summed E-state index contributed by atoms with van der Waals surface area (Å²) in [7, 11) is 3.71. The molecule has 6 heteroatoms. The van der Waals surface area contributed by atoms with Gasteiger partial charge in [-0.3, -0.25) is 0 Å². The number of ether oxygens (including phenoxy) is 1. The number of aromatic amines is 1. The van der Waals surface area contributed by atoms with E-state index in [1.165, 1.54) is 0 Å². The number of likely N-dealkylation sites (N-methyl/N-ethyl adjacent to an activating group) is 2. The molecule has 1 aromatic heterocycles. The smallest absolute Gasteiger partial charge is 0.410 e. The molecule has 0 spiro atoms. The summed E-state index contributed by atoms with van der Waals surface area (Å²) in [6.07, 6.45) is -0.317. The third-order valence-corrected chi connectivity index (χ3v) is 3.62. The van der Waals surface area contributed by atoms with E-state index >= 15 is 0 Å². The standard InChI is InChI=1S/C17H26N4O2/c1-12(11-20(5)16(22)23-17(2,3)4)21(6)15-18-13-9-7-8-10-14(13)19-15/h7-10,12H,11H2,1-6H3,(H,18,19). The van der Waals surface area contributed by atoms with Gasteiger partial charge in [0.1, 0.15) is 5.60 Å². The lowest BCUT2D eigenvalue weighted by Crippen LogP contribution is -2.43. The Hall–Kier alpha value is -2.24. The molecule has 0 aliphatic carbocycles. The topological polar surface area (TPSA) is 61.5 Å². The second kappa shape index (κ2) is 6.48. The summed E-state index contributed by atoms with van der Waals surface area (Å²) in [4.78, 5) is 23.6. The summed E-state index contributed by atoms with van der Waals surface area (Å²) in [5.41, 5.74) is 1.45. The average Bonchev–Trinajstić information content (AvgIpc) is 2.88. The molecule has 1 heterocycles. The van der Waals surface area contributed by atoms with Gasteiger partial charge in [-0.25, -0.2) is 9.78 Å². The first-order valence-corrected chi connectivity index (χ1v) is 7.79. The summed E-state index contributed by atoms with van der Waals surface area (Å²) in [6, 6.07) is 8.00. The molecule has 1 amide bonds. The van der Waals surface area contributed by atoms with E-state index in [2.05, 4.69) is 9.97 Å². The van der Waals surface area contributed by atoms with Gasteiger partial charge in [-0.1, -0.05) is 12.1 Å². The van der Waals surface area contributed by atoms with Gasteiger partial charge in [0, 0.05) is 26.7 Å². The molecular weight excluding hydrogens is 292 g/mol. The first kappa shape index (κ1) is 17.1. The first-order valence-electron chi connectivity index (χ1n) is 7.79. The Balaban J connectivity index is 2.01. The van der Waals surface area contributed by atoms with Crippen molar-refractivity contribution < 1.29 is 9.53 Å². The van der Waals surface area contributed by atoms with Crippen LogP contribution in [0, 0.1) is 0 Å². The molecule has 1 atom stereocenters. The van der Waals surface area contributed by atoms with E-state index in [9.17, 15) is 4.79 Å². The lowest BCUT2D eigenvalue weighted by Gasteiger charge is -2.30. The molecule has 23 heavy (non-hydrogen) atoms. The quantitative estimate of drug-likeness (QED) is 0.940. The molecule has 1 unspecified atom stereocenters. The Morgan fingerprint density at radius 1 is 1.30 bits per heavy atom.